The number of anilines is 2. The van der Waals surface area contributed by atoms with Gasteiger partial charge in [0.15, 0.2) is 0 Å². The van der Waals surface area contributed by atoms with Gasteiger partial charge in [-0.15, -0.1) is 34.5 Å². The standard InChI is InChI=1S/C26H27Cl2N5O2S/c27-25(28)15-6-7-21-19(11-15)24(18-4-1-2-5-20(18)33-21)29-8-3-9-30-26(35)32-17-10-16(13-34)23-22(12-17)36-14-31-23/h6-7,10-12,14,25,34H,1-5,8-9,13H2,(H,29,33)(H2,30,32,35). The van der Waals surface area contributed by atoms with E-state index in [9.17, 15) is 9.90 Å². The minimum Gasteiger partial charge on any atom is -0.392 e. The molecular formula is C26H27Cl2N5O2S. The van der Waals surface area contributed by atoms with E-state index in [1.54, 1.807) is 11.6 Å². The Balaban J connectivity index is 1.21. The van der Waals surface area contributed by atoms with Crippen molar-refractivity contribution in [1.29, 1.82) is 0 Å². The highest BCUT2D eigenvalue weighted by Crippen LogP contribution is 2.36. The molecule has 2 aromatic carbocycles. The summed E-state index contributed by atoms with van der Waals surface area (Å²) in [7, 11) is 0. The summed E-state index contributed by atoms with van der Waals surface area (Å²) in [5.41, 5.74) is 9.15. The first-order chi connectivity index (χ1) is 17.5. The van der Waals surface area contributed by atoms with Gasteiger partial charge in [-0.25, -0.2) is 9.78 Å². The number of carbonyl (C=O) groups is 1. The van der Waals surface area contributed by atoms with E-state index in [4.69, 9.17) is 28.2 Å². The zero-order valence-corrected chi connectivity index (χ0v) is 21.9. The quantitative estimate of drug-likeness (QED) is 0.154. The molecule has 0 bridgehead atoms. The van der Waals surface area contributed by atoms with Crippen molar-refractivity contribution in [1.82, 2.24) is 15.3 Å². The van der Waals surface area contributed by atoms with Crippen LogP contribution < -0.4 is 16.0 Å². The molecule has 0 fully saturated rings. The number of aliphatic hydroxyl groups excluding tert-OH is 1. The number of rotatable bonds is 8. The van der Waals surface area contributed by atoms with Gasteiger partial charge in [-0.3, -0.25) is 4.98 Å². The predicted molar refractivity (Wildman–Crippen MR) is 149 cm³/mol. The molecule has 0 saturated carbocycles. The number of halogens is 2. The molecule has 0 radical (unpaired) electrons. The molecule has 10 heteroatoms. The number of urea groups is 1. The lowest BCUT2D eigenvalue weighted by Gasteiger charge is -2.22. The number of hydrogen-bond donors (Lipinski definition) is 4. The number of nitrogens with one attached hydrogen (secondary N) is 3. The normalized spacial score (nSPS) is 13.2. The molecule has 2 aromatic heterocycles. The van der Waals surface area contributed by atoms with Crippen LogP contribution in [0.15, 0.2) is 35.8 Å². The van der Waals surface area contributed by atoms with Crippen LogP contribution in [0.2, 0.25) is 0 Å². The minimum atomic E-state index is -0.591. The maximum atomic E-state index is 12.4. The number of aliphatic hydroxyl groups is 1. The van der Waals surface area contributed by atoms with E-state index in [2.05, 4.69) is 20.9 Å². The average Bonchev–Trinajstić information content (AvgIpc) is 3.36. The van der Waals surface area contributed by atoms with Gasteiger partial charge in [0.2, 0.25) is 0 Å². The van der Waals surface area contributed by atoms with Crippen molar-refractivity contribution >= 4 is 73.1 Å². The van der Waals surface area contributed by atoms with Crippen LogP contribution in [0.3, 0.4) is 0 Å². The largest absolute Gasteiger partial charge is 0.392 e. The fraction of sp³-hybridized carbons (Fsp3) is 0.346. The van der Waals surface area contributed by atoms with E-state index in [0.717, 1.165) is 70.2 Å². The van der Waals surface area contributed by atoms with Gasteiger partial charge in [0.05, 0.1) is 27.9 Å². The molecule has 0 aliphatic heterocycles. The molecule has 36 heavy (non-hydrogen) atoms. The lowest BCUT2D eigenvalue weighted by Crippen LogP contribution is -2.30. The van der Waals surface area contributed by atoms with Crippen LogP contribution in [0.1, 0.15) is 46.5 Å². The Morgan fingerprint density at radius 2 is 2.00 bits per heavy atom. The van der Waals surface area contributed by atoms with E-state index >= 15 is 0 Å². The molecule has 0 saturated heterocycles. The zero-order chi connectivity index (χ0) is 25.1. The number of benzene rings is 2. The molecule has 0 atom stereocenters. The van der Waals surface area contributed by atoms with Crippen molar-refractivity contribution in [3.8, 4) is 0 Å². The number of nitrogens with zero attached hydrogens (tertiary/aromatic N) is 2. The first-order valence-corrected chi connectivity index (χ1v) is 13.8. The number of hydrogen-bond acceptors (Lipinski definition) is 6. The van der Waals surface area contributed by atoms with Gasteiger partial charge in [-0.2, -0.15) is 0 Å². The third-order valence-corrected chi connectivity index (χ3v) is 7.70. The third-order valence-electron chi connectivity index (χ3n) is 6.42. The van der Waals surface area contributed by atoms with E-state index in [1.807, 2.05) is 24.3 Å². The molecule has 1 aliphatic rings. The van der Waals surface area contributed by atoms with E-state index in [0.29, 0.717) is 24.3 Å². The highest BCUT2D eigenvalue weighted by Gasteiger charge is 2.19. The summed E-state index contributed by atoms with van der Waals surface area (Å²) in [5, 5.41) is 20.0. The number of alkyl halides is 2. The number of amides is 2. The summed E-state index contributed by atoms with van der Waals surface area (Å²) < 4.78 is 0.923. The number of carbonyl (C=O) groups excluding carboxylic acids is 1. The number of pyridine rings is 1. The van der Waals surface area contributed by atoms with Crippen LogP contribution in [0, 0.1) is 0 Å². The van der Waals surface area contributed by atoms with Crippen LogP contribution in [-0.2, 0) is 19.4 Å². The van der Waals surface area contributed by atoms with Gasteiger partial charge in [0.1, 0.15) is 4.84 Å². The number of fused-ring (bicyclic) bond motifs is 3. The molecule has 1 aliphatic carbocycles. The first-order valence-electron chi connectivity index (χ1n) is 12.0. The second-order valence-corrected chi connectivity index (χ2v) is 10.8. The maximum absolute atomic E-state index is 12.4. The van der Waals surface area contributed by atoms with Gasteiger partial charge in [-0.1, -0.05) is 6.07 Å². The summed E-state index contributed by atoms with van der Waals surface area (Å²) in [6.45, 7) is 1.08. The number of thiazole rings is 1. The van der Waals surface area contributed by atoms with Crippen LogP contribution in [0.5, 0.6) is 0 Å². The van der Waals surface area contributed by atoms with Crippen molar-refractivity contribution in [3.05, 3.63) is 58.2 Å². The van der Waals surface area contributed by atoms with Crippen LogP contribution in [-0.4, -0.2) is 34.2 Å². The molecule has 2 heterocycles. The van der Waals surface area contributed by atoms with Crippen molar-refractivity contribution < 1.29 is 9.90 Å². The molecule has 4 N–H and O–H groups in total. The fourth-order valence-electron chi connectivity index (χ4n) is 4.69. The minimum absolute atomic E-state index is 0.131. The lowest BCUT2D eigenvalue weighted by molar-refractivity contribution is 0.252. The van der Waals surface area contributed by atoms with Gasteiger partial charge in [-0.05, 0) is 67.5 Å². The van der Waals surface area contributed by atoms with Crippen LogP contribution in [0.4, 0.5) is 16.2 Å². The van der Waals surface area contributed by atoms with Crippen molar-refractivity contribution in [2.45, 2.75) is 43.5 Å². The summed E-state index contributed by atoms with van der Waals surface area (Å²) in [6, 6.07) is 9.27. The number of aryl methyl sites for hydroxylation is 1. The molecule has 188 valence electrons. The number of aromatic nitrogens is 2. The first kappa shape index (κ1) is 25.0. The Bertz CT molecular complexity index is 1410. The van der Waals surface area contributed by atoms with Gasteiger partial charge >= 0.3 is 6.03 Å². The summed E-state index contributed by atoms with van der Waals surface area (Å²) in [4.78, 5) is 21.0. The fourth-order valence-corrected chi connectivity index (χ4v) is 5.72. The molecule has 4 aromatic rings. The van der Waals surface area contributed by atoms with Gasteiger partial charge in [0, 0.05) is 41.1 Å². The Morgan fingerprint density at radius 3 is 2.83 bits per heavy atom. The Kier molecular flexibility index (Phi) is 7.76. The van der Waals surface area contributed by atoms with E-state index in [1.165, 1.54) is 16.9 Å². The monoisotopic (exact) mass is 543 g/mol. The highest BCUT2D eigenvalue weighted by molar-refractivity contribution is 7.16. The Hall–Kier alpha value is -2.65. The SMILES string of the molecule is O=C(NCCCNc1c2c(nc3ccc(C(Cl)Cl)cc13)CCCC2)Nc1cc(CO)c2ncsc2c1. The third kappa shape index (κ3) is 5.37. The molecule has 7 nitrogen and oxygen atoms in total. The van der Waals surface area contributed by atoms with Crippen LogP contribution >= 0.6 is 34.5 Å². The molecule has 2 amide bonds. The molecule has 0 unspecified atom stereocenters. The van der Waals surface area contributed by atoms with E-state index in [-0.39, 0.29) is 12.6 Å². The summed E-state index contributed by atoms with van der Waals surface area (Å²) >= 11 is 13.7. The van der Waals surface area contributed by atoms with Crippen molar-refractivity contribution in [3.63, 3.8) is 0 Å². The van der Waals surface area contributed by atoms with Gasteiger partial charge in [0.25, 0.3) is 0 Å². The van der Waals surface area contributed by atoms with Crippen LogP contribution in [0.25, 0.3) is 21.1 Å². The zero-order valence-electron chi connectivity index (χ0n) is 19.6. The molecular weight excluding hydrogens is 517 g/mol. The predicted octanol–water partition coefficient (Wildman–Crippen LogP) is 6.32. The topological polar surface area (TPSA) is 99.2 Å². The highest BCUT2D eigenvalue weighted by atomic mass is 35.5. The second kappa shape index (κ2) is 11.2. The molecule has 5 rings (SSSR count). The van der Waals surface area contributed by atoms with E-state index < -0.39 is 4.84 Å². The maximum Gasteiger partial charge on any atom is 0.319 e. The lowest BCUT2D eigenvalue weighted by atomic mass is 9.92. The van der Waals surface area contributed by atoms with Crippen molar-refractivity contribution in [2.75, 3.05) is 23.7 Å². The average molecular weight is 545 g/mol. The second-order valence-electron chi connectivity index (χ2n) is 8.85. The smallest absolute Gasteiger partial charge is 0.319 e. The Morgan fingerprint density at radius 1 is 1.14 bits per heavy atom. The summed E-state index contributed by atoms with van der Waals surface area (Å²) in [6.07, 6.45) is 5.03. The van der Waals surface area contributed by atoms with Gasteiger partial charge < -0.3 is 21.1 Å². The summed E-state index contributed by atoms with van der Waals surface area (Å²) in [5.74, 6) is 0. The van der Waals surface area contributed by atoms with Crippen molar-refractivity contribution in [2.24, 2.45) is 0 Å². The Labute approximate surface area is 223 Å². The molecule has 0 spiro atoms.